The maximum atomic E-state index is 13.3. The molecular formula is C23H26F3N7O5. The van der Waals surface area contributed by atoms with Gasteiger partial charge < -0.3 is 24.4 Å². The fourth-order valence-corrected chi connectivity index (χ4v) is 4.52. The van der Waals surface area contributed by atoms with Crippen LogP contribution in [0.25, 0.3) is 0 Å². The van der Waals surface area contributed by atoms with Gasteiger partial charge in [-0.1, -0.05) is 0 Å². The summed E-state index contributed by atoms with van der Waals surface area (Å²) in [5, 5.41) is 4.47. The van der Waals surface area contributed by atoms with Gasteiger partial charge in [-0.05, 0) is 32.4 Å². The molecule has 2 saturated heterocycles. The first-order chi connectivity index (χ1) is 18.0. The third kappa shape index (κ3) is 5.72. The molecule has 38 heavy (non-hydrogen) atoms. The standard InChI is InChI=1S/C23H26F3N7O5/c1-22(2)37-11-14(38-22)10-36-18-8-27-17(7-28-18)31-21(35)33-13-5-6-32(9-13)16-4-3-15(30-19(16)33)20(34)29-12-23(24,25)26/h3-4,7-8,13-14H,5-6,9-12H2,1-2H3,(H,29,34)(H,27,31,35)/t13-,14+/m0/s1. The lowest BCUT2D eigenvalue weighted by Gasteiger charge is -2.35. The number of aromatic nitrogens is 3. The van der Waals surface area contributed by atoms with Crippen molar-refractivity contribution in [2.24, 2.45) is 0 Å². The van der Waals surface area contributed by atoms with Gasteiger partial charge in [0.15, 0.2) is 17.4 Å². The number of ether oxygens (including phenoxy) is 3. The third-order valence-corrected chi connectivity index (χ3v) is 6.20. The van der Waals surface area contributed by atoms with Gasteiger partial charge in [0.05, 0.1) is 30.7 Å². The first-order valence-corrected chi connectivity index (χ1v) is 12.0. The molecule has 2 aromatic rings. The highest BCUT2D eigenvalue weighted by molar-refractivity contribution is 6.04. The number of rotatable bonds is 6. The summed E-state index contributed by atoms with van der Waals surface area (Å²) in [7, 11) is 0. The first-order valence-electron chi connectivity index (χ1n) is 12.0. The molecule has 3 aliphatic rings. The highest BCUT2D eigenvalue weighted by Gasteiger charge is 2.41. The molecule has 15 heteroatoms. The van der Waals surface area contributed by atoms with Gasteiger partial charge in [-0.15, -0.1) is 0 Å². The lowest BCUT2D eigenvalue weighted by atomic mass is 10.1. The molecule has 2 bridgehead atoms. The average Bonchev–Trinajstić information content (AvgIpc) is 3.44. The number of hydrogen-bond donors (Lipinski definition) is 2. The quantitative estimate of drug-likeness (QED) is 0.570. The summed E-state index contributed by atoms with van der Waals surface area (Å²) >= 11 is 0. The van der Waals surface area contributed by atoms with Crippen LogP contribution in [0.4, 0.5) is 35.3 Å². The van der Waals surface area contributed by atoms with E-state index in [2.05, 4.69) is 20.3 Å². The van der Waals surface area contributed by atoms with Gasteiger partial charge in [-0.3, -0.25) is 15.0 Å². The summed E-state index contributed by atoms with van der Waals surface area (Å²) in [6.07, 6.45) is -1.45. The number of urea groups is 1. The number of alkyl halides is 3. The molecule has 2 atom stereocenters. The monoisotopic (exact) mass is 537 g/mol. The normalized spacial score (nSPS) is 21.7. The topological polar surface area (TPSA) is 131 Å². The van der Waals surface area contributed by atoms with E-state index in [-0.39, 0.29) is 42.0 Å². The predicted octanol–water partition coefficient (Wildman–Crippen LogP) is 2.32. The molecule has 2 N–H and O–H groups in total. The van der Waals surface area contributed by atoms with E-state index in [4.69, 9.17) is 14.2 Å². The predicted molar refractivity (Wildman–Crippen MR) is 127 cm³/mol. The van der Waals surface area contributed by atoms with Crippen molar-refractivity contribution in [1.29, 1.82) is 0 Å². The van der Waals surface area contributed by atoms with Gasteiger partial charge in [0.1, 0.15) is 24.9 Å². The SMILES string of the molecule is CC1(C)OC[C@@H](COc2cnc(NC(=O)N3c4nc(C(=O)NCC(F)(F)F)ccc4N4CC[C@H]3C4)cn2)O1. The lowest BCUT2D eigenvalue weighted by molar-refractivity contribution is -0.141. The minimum Gasteiger partial charge on any atom is -0.474 e. The summed E-state index contributed by atoms with van der Waals surface area (Å²) in [4.78, 5) is 41.6. The van der Waals surface area contributed by atoms with E-state index >= 15 is 0 Å². The molecule has 12 nitrogen and oxygen atoms in total. The van der Waals surface area contributed by atoms with Crippen LogP contribution in [-0.2, 0) is 9.47 Å². The Morgan fingerprint density at radius 3 is 2.74 bits per heavy atom. The number of anilines is 3. The molecule has 0 radical (unpaired) electrons. The zero-order valence-corrected chi connectivity index (χ0v) is 20.6. The van der Waals surface area contributed by atoms with Crippen molar-refractivity contribution in [3.63, 3.8) is 0 Å². The van der Waals surface area contributed by atoms with Crippen LogP contribution in [0.5, 0.6) is 5.88 Å². The fraction of sp³-hybridized carbons (Fsp3) is 0.522. The molecule has 5 heterocycles. The second-order valence-corrected chi connectivity index (χ2v) is 9.53. The molecule has 3 amide bonds. The molecule has 0 unspecified atom stereocenters. The smallest absolute Gasteiger partial charge is 0.405 e. The van der Waals surface area contributed by atoms with Crippen LogP contribution in [0.2, 0.25) is 0 Å². The Bertz CT molecular complexity index is 1210. The lowest BCUT2D eigenvalue weighted by Crippen LogP contribution is -2.48. The molecular weight excluding hydrogens is 511 g/mol. The Labute approximate surface area is 215 Å². The molecule has 5 rings (SSSR count). The summed E-state index contributed by atoms with van der Waals surface area (Å²) in [6, 6.07) is 2.13. The molecule has 0 aromatic carbocycles. The molecule has 204 valence electrons. The zero-order chi connectivity index (χ0) is 27.1. The number of carbonyl (C=O) groups excluding carboxylic acids is 2. The Balaban J connectivity index is 1.26. The van der Waals surface area contributed by atoms with E-state index in [0.29, 0.717) is 31.8 Å². The molecule has 2 aromatic heterocycles. The second-order valence-electron chi connectivity index (χ2n) is 9.53. The van der Waals surface area contributed by atoms with Gasteiger partial charge in [0.25, 0.3) is 5.91 Å². The minimum atomic E-state index is -4.56. The average molecular weight is 537 g/mol. The maximum absolute atomic E-state index is 13.3. The zero-order valence-electron chi connectivity index (χ0n) is 20.6. The Morgan fingerprint density at radius 2 is 2.05 bits per heavy atom. The van der Waals surface area contributed by atoms with Gasteiger partial charge >= 0.3 is 12.2 Å². The molecule has 0 spiro atoms. The van der Waals surface area contributed by atoms with E-state index in [1.165, 1.54) is 23.4 Å². The van der Waals surface area contributed by atoms with Crippen LogP contribution in [0.1, 0.15) is 30.8 Å². The van der Waals surface area contributed by atoms with Crippen LogP contribution in [0.15, 0.2) is 24.5 Å². The van der Waals surface area contributed by atoms with Crippen LogP contribution >= 0.6 is 0 Å². The largest absolute Gasteiger partial charge is 0.474 e. The van der Waals surface area contributed by atoms with Crippen LogP contribution in [0, 0.1) is 0 Å². The van der Waals surface area contributed by atoms with Crippen molar-refractivity contribution in [2.75, 3.05) is 48.0 Å². The maximum Gasteiger partial charge on any atom is 0.405 e. The number of halogens is 3. The number of amides is 3. The van der Waals surface area contributed by atoms with Crippen LogP contribution in [0.3, 0.4) is 0 Å². The highest BCUT2D eigenvalue weighted by atomic mass is 19.4. The summed E-state index contributed by atoms with van der Waals surface area (Å²) in [6.45, 7) is 3.98. The molecule has 3 aliphatic heterocycles. The number of pyridine rings is 1. The molecule has 0 saturated carbocycles. The number of hydrogen-bond acceptors (Lipinski definition) is 9. The molecule has 0 aliphatic carbocycles. The second kappa shape index (κ2) is 9.87. The molecule has 2 fully saturated rings. The fourth-order valence-electron chi connectivity index (χ4n) is 4.52. The van der Waals surface area contributed by atoms with Gasteiger partial charge in [0.2, 0.25) is 5.88 Å². The van der Waals surface area contributed by atoms with Gasteiger partial charge in [-0.25, -0.2) is 19.7 Å². The van der Waals surface area contributed by atoms with E-state index in [0.717, 1.165) is 0 Å². The van der Waals surface area contributed by atoms with Gasteiger partial charge in [0, 0.05) is 13.1 Å². The Morgan fingerprint density at radius 1 is 1.24 bits per heavy atom. The van der Waals surface area contributed by atoms with Crippen molar-refractivity contribution in [2.45, 2.75) is 44.4 Å². The van der Waals surface area contributed by atoms with Crippen LogP contribution < -0.4 is 25.2 Å². The van der Waals surface area contributed by atoms with Crippen molar-refractivity contribution in [1.82, 2.24) is 20.3 Å². The number of fused-ring (bicyclic) bond motifs is 4. The summed E-state index contributed by atoms with van der Waals surface area (Å²) < 4.78 is 54.3. The van der Waals surface area contributed by atoms with E-state index in [1.807, 2.05) is 18.7 Å². The first kappa shape index (κ1) is 25.9. The Kier molecular flexibility index (Phi) is 6.73. The van der Waals surface area contributed by atoms with Gasteiger partial charge in [-0.2, -0.15) is 13.2 Å². The van der Waals surface area contributed by atoms with Crippen molar-refractivity contribution < 1.29 is 37.0 Å². The number of nitrogens with one attached hydrogen (secondary N) is 2. The van der Waals surface area contributed by atoms with Crippen LogP contribution in [-0.4, -0.2) is 83.8 Å². The summed E-state index contributed by atoms with van der Waals surface area (Å²) in [5.74, 6) is -1.07. The number of nitrogens with zero attached hydrogens (tertiary/aromatic N) is 5. The minimum absolute atomic E-state index is 0.157. The van der Waals surface area contributed by atoms with E-state index in [1.54, 1.807) is 11.4 Å². The Hall–Kier alpha value is -3.72. The van der Waals surface area contributed by atoms with Crippen molar-refractivity contribution in [3.05, 3.63) is 30.2 Å². The van der Waals surface area contributed by atoms with Crippen molar-refractivity contribution in [3.8, 4) is 5.88 Å². The van der Waals surface area contributed by atoms with Crippen molar-refractivity contribution >= 4 is 29.3 Å². The number of carbonyl (C=O) groups is 2. The highest BCUT2D eigenvalue weighted by Crippen LogP contribution is 2.39. The van der Waals surface area contributed by atoms with E-state index < -0.39 is 30.4 Å². The third-order valence-electron chi connectivity index (χ3n) is 6.20. The summed E-state index contributed by atoms with van der Waals surface area (Å²) in [5.41, 5.74) is 0.381. The van der Waals surface area contributed by atoms with E-state index in [9.17, 15) is 22.8 Å².